The third kappa shape index (κ3) is 3.31. The van der Waals surface area contributed by atoms with Crippen molar-refractivity contribution in [2.24, 2.45) is 0 Å². The summed E-state index contributed by atoms with van der Waals surface area (Å²) < 4.78 is 1.13. The number of carbonyl (C=O) groups is 1. The van der Waals surface area contributed by atoms with Crippen LogP contribution in [0.1, 0.15) is 9.67 Å². The van der Waals surface area contributed by atoms with Crippen LogP contribution in [0.5, 0.6) is 0 Å². The Bertz CT molecular complexity index is 915. The van der Waals surface area contributed by atoms with Crippen LogP contribution in [-0.2, 0) is 0 Å². The van der Waals surface area contributed by atoms with Crippen LogP contribution in [0.3, 0.4) is 0 Å². The van der Waals surface area contributed by atoms with Gasteiger partial charge in [-0.05, 0) is 35.7 Å². The van der Waals surface area contributed by atoms with Crippen LogP contribution < -0.4 is 21.3 Å². The van der Waals surface area contributed by atoms with Gasteiger partial charge >= 0.3 is 0 Å². The lowest BCUT2D eigenvalue weighted by atomic mass is 10.2. The molecule has 5 nitrogen and oxygen atoms in total. The summed E-state index contributed by atoms with van der Waals surface area (Å²) in [5, 5.41) is 7.35. The van der Waals surface area contributed by atoms with Crippen molar-refractivity contribution < 1.29 is 4.79 Å². The minimum absolute atomic E-state index is 0.122. The standard InChI is InChI=1S/C19H20N4OS/c20-15-3-1-2-4-16(15)22-19(24)18-11-13-5-6-14(12-17(13)25-18)23-9-7-21-8-10-23/h1-6,11-12,21H,7-10,20H2,(H,22,24). The van der Waals surface area contributed by atoms with Crippen LogP contribution in [-0.4, -0.2) is 32.1 Å². The summed E-state index contributed by atoms with van der Waals surface area (Å²) in [6.45, 7) is 4.04. The summed E-state index contributed by atoms with van der Waals surface area (Å²) in [4.78, 5) is 15.6. The molecule has 0 saturated carbocycles. The van der Waals surface area contributed by atoms with Crippen LogP contribution in [0.4, 0.5) is 17.1 Å². The Morgan fingerprint density at radius 3 is 2.72 bits per heavy atom. The van der Waals surface area contributed by atoms with E-state index in [-0.39, 0.29) is 5.91 Å². The number of anilines is 3. The Hall–Kier alpha value is -2.57. The molecule has 1 amide bonds. The maximum absolute atomic E-state index is 12.5. The minimum atomic E-state index is -0.122. The van der Waals surface area contributed by atoms with Crippen LogP contribution in [0.25, 0.3) is 10.1 Å². The van der Waals surface area contributed by atoms with E-state index in [1.165, 1.54) is 17.0 Å². The quantitative estimate of drug-likeness (QED) is 0.633. The number of hydrogen-bond donors (Lipinski definition) is 3. The number of para-hydroxylation sites is 2. The number of rotatable bonds is 3. The fraction of sp³-hybridized carbons (Fsp3) is 0.211. The summed E-state index contributed by atoms with van der Waals surface area (Å²) in [5.41, 5.74) is 8.33. The summed E-state index contributed by atoms with van der Waals surface area (Å²) in [6.07, 6.45) is 0. The summed E-state index contributed by atoms with van der Waals surface area (Å²) in [5.74, 6) is -0.122. The molecule has 128 valence electrons. The van der Waals surface area contributed by atoms with Crippen molar-refractivity contribution in [2.45, 2.75) is 0 Å². The Kier molecular flexibility index (Phi) is 4.29. The van der Waals surface area contributed by atoms with Gasteiger partial charge in [0, 0.05) is 36.6 Å². The van der Waals surface area contributed by atoms with Gasteiger partial charge < -0.3 is 21.3 Å². The molecule has 1 saturated heterocycles. The average Bonchev–Trinajstić information content (AvgIpc) is 3.08. The van der Waals surface area contributed by atoms with Gasteiger partial charge in [-0.15, -0.1) is 11.3 Å². The largest absolute Gasteiger partial charge is 0.397 e. The summed E-state index contributed by atoms with van der Waals surface area (Å²) in [6, 6.07) is 15.6. The number of nitrogens with one attached hydrogen (secondary N) is 2. The molecule has 0 aliphatic carbocycles. The van der Waals surface area contributed by atoms with Gasteiger partial charge in [-0.25, -0.2) is 0 Å². The number of fused-ring (bicyclic) bond motifs is 1. The van der Waals surface area contributed by atoms with Gasteiger partial charge in [-0.1, -0.05) is 18.2 Å². The van der Waals surface area contributed by atoms with E-state index in [9.17, 15) is 4.79 Å². The Morgan fingerprint density at radius 1 is 1.12 bits per heavy atom. The molecule has 4 rings (SSSR count). The molecule has 0 spiro atoms. The van der Waals surface area contributed by atoms with Gasteiger partial charge in [-0.3, -0.25) is 4.79 Å². The molecular formula is C19H20N4OS. The molecule has 2 aromatic carbocycles. The number of amides is 1. The molecule has 0 unspecified atom stereocenters. The van der Waals surface area contributed by atoms with E-state index in [4.69, 9.17) is 5.73 Å². The first-order valence-corrected chi connectivity index (χ1v) is 9.17. The zero-order valence-corrected chi connectivity index (χ0v) is 14.6. The molecule has 4 N–H and O–H groups in total. The molecule has 1 aliphatic heterocycles. The third-order valence-electron chi connectivity index (χ3n) is 4.42. The minimum Gasteiger partial charge on any atom is -0.397 e. The third-order valence-corrected chi connectivity index (χ3v) is 5.52. The maximum Gasteiger partial charge on any atom is 0.265 e. The van der Waals surface area contributed by atoms with Crippen molar-refractivity contribution in [2.75, 3.05) is 42.1 Å². The number of piperazine rings is 1. The SMILES string of the molecule is Nc1ccccc1NC(=O)c1cc2ccc(N3CCNCC3)cc2s1. The first kappa shape index (κ1) is 15.9. The van der Waals surface area contributed by atoms with Crippen LogP contribution >= 0.6 is 11.3 Å². The number of benzene rings is 2. The highest BCUT2D eigenvalue weighted by molar-refractivity contribution is 7.21. The fourth-order valence-electron chi connectivity index (χ4n) is 3.05. The smallest absolute Gasteiger partial charge is 0.265 e. The zero-order chi connectivity index (χ0) is 17.2. The number of nitrogens with zero attached hydrogens (tertiary/aromatic N) is 1. The van der Waals surface area contributed by atoms with Gasteiger partial charge in [0.05, 0.1) is 16.3 Å². The lowest BCUT2D eigenvalue weighted by Gasteiger charge is -2.29. The fourth-order valence-corrected chi connectivity index (χ4v) is 4.04. The predicted octanol–water partition coefficient (Wildman–Crippen LogP) is 3.15. The van der Waals surface area contributed by atoms with E-state index in [2.05, 4.69) is 33.7 Å². The first-order valence-electron chi connectivity index (χ1n) is 8.36. The molecule has 6 heteroatoms. The average molecular weight is 352 g/mol. The van der Waals surface area contributed by atoms with Gasteiger partial charge in [0.15, 0.2) is 0 Å². The predicted molar refractivity (Wildman–Crippen MR) is 106 cm³/mol. The van der Waals surface area contributed by atoms with Crippen molar-refractivity contribution in [3.63, 3.8) is 0 Å². The van der Waals surface area contributed by atoms with E-state index in [1.54, 1.807) is 6.07 Å². The number of carbonyl (C=O) groups excluding carboxylic acids is 1. The second-order valence-electron chi connectivity index (χ2n) is 6.11. The molecule has 0 atom stereocenters. The van der Waals surface area contributed by atoms with E-state index >= 15 is 0 Å². The number of hydrogen-bond acceptors (Lipinski definition) is 5. The Labute approximate surface area is 150 Å². The van der Waals surface area contributed by atoms with E-state index in [1.807, 2.05) is 24.3 Å². The second-order valence-corrected chi connectivity index (χ2v) is 7.19. The van der Waals surface area contributed by atoms with Crippen LogP contribution in [0.15, 0.2) is 48.5 Å². The molecule has 1 aliphatic rings. The molecule has 2 heterocycles. The second kappa shape index (κ2) is 6.74. The Balaban J connectivity index is 1.58. The highest BCUT2D eigenvalue weighted by Crippen LogP contribution is 2.30. The maximum atomic E-state index is 12.5. The molecular weight excluding hydrogens is 332 g/mol. The van der Waals surface area contributed by atoms with E-state index in [0.29, 0.717) is 16.3 Å². The molecule has 3 aromatic rings. The van der Waals surface area contributed by atoms with Crippen molar-refractivity contribution in [1.29, 1.82) is 0 Å². The summed E-state index contributed by atoms with van der Waals surface area (Å²) >= 11 is 1.51. The number of nitrogen functional groups attached to an aromatic ring is 1. The van der Waals surface area contributed by atoms with Gasteiger partial charge in [-0.2, -0.15) is 0 Å². The first-order chi connectivity index (χ1) is 12.2. The number of thiophene rings is 1. The molecule has 0 bridgehead atoms. The van der Waals surface area contributed by atoms with Crippen LogP contribution in [0.2, 0.25) is 0 Å². The van der Waals surface area contributed by atoms with Gasteiger partial charge in [0.2, 0.25) is 0 Å². The summed E-state index contributed by atoms with van der Waals surface area (Å²) in [7, 11) is 0. The molecule has 1 aromatic heterocycles. The molecule has 1 fully saturated rings. The van der Waals surface area contributed by atoms with E-state index < -0.39 is 0 Å². The molecule has 0 radical (unpaired) electrons. The van der Waals surface area contributed by atoms with Crippen molar-refractivity contribution >= 4 is 44.4 Å². The van der Waals surface area contributed by atoms with Gasteiger partial charge in [0.25, 0.3) is 5.91 Å². The normalized spacial score (nSPS) is 14.6. The van der Waals surface area contributed by atoms with Gasteiger partial charge in [0.1, 0.15) is 0 Å². The van der Waals surface area contributed by atoms with Crippen molar-refractivity contribution in [3.8, 4) is 0 Å². The number of nitrogens with two attached hydrogens (primary N) is 1. The highest BCUT2D eigenvalue weighted by atomic mass is 32.1. The monoisotopic (exact) mass is 352 g/mol. The lowest BCUT2D eigenvalue weighted by molar-refractivity contribution is 0.103. The van der Waals surface area contributed by atoms with Crippen LogP contribution in [0, 0.1) is 0 Å². The topological polar surface area (TPSA) is 70.4 Å². The zero-order valence-electron chi connectivity index (χ0n) is 13.8. The van der Waals surface area contributed by atoms with Crippen molar-refractivity contribution in [3.05, 3.63) is 53.4 Å². The van der Waals surface area contributed by atoms with E-state index in [0.717, 1.165) is 36.3 Å². The Morgan fingerprint density at radius 2 is 1.92 bits per heavy atom. The lowest BCUT2D eigenvalue weighted by Crippen LogP contribution is -2.43. The molecule has 25 heavy (non-hydrogen) atoms. The highest BCUT2D eigenvalue weighted by Gasteiger charge is 2.14. The van der Waals surface area contributed by atoms with Crippen molar-refractivity contribution in [1.82, 2.24) is 5.32 Å².